The zero-order valence-electron chi connectivity index (χ0n) is 15.4. The third-order valence-electron chi connectivity index (χ3n) is 3.49. The quantitative estimate of drug-likeness (QED) is 0.366. The van der Waals surface area contributed by atoms with Gasteiger partial charge in [-0.1, -0.05) is 35.8 Å². The molecule has 22 heavy (non-hydrogen) atoms. The highest BCUT2D eigenvalue weighted by Crippen LogP contribution is 2.13. The van der Waals surface area contributed by atoms with Crippen molar-refractivity contribution < 1.29 is 9.53 Å². The van der Waals surface area contributed by atoms with Gasteiger partial charge < -0.3 is 4.74 Å². The Morgan fingerprint density at radius 1 is 0.955 bits per heavy atom. The second kappa shape index (κ2) is 12.3. The minimum Gasteiger partial charge on any atom is -0.461 e. The number of carbonyl (C=O) groups excluding carboxylic acids is 1. The van der Waals surface area contributed by atoms with Crippen molar-refractivity contribution in [3.8, 4) is 0 Å². The van der Waals surface area contributed by atoms with Gasteiger partial charge in [-0.25, -0.2) is 0 Å². The highest BCUT2D eigenvalue weighted by atomic mass is 16.5. The maximum absolute atomic E-state index is 11.8. The Kier molecular flexibility index (Phi) is 11.5. The van der Waals surface area contributed by atoms with Crippen molar-refractivity contribution in [3.05, 3.63) is 34.9 Å². The molecule has 0 saturated carbocycles. The molecule has 0 aromatic heterocycles. The second-order valence-corrected chi connectivity index (χ2v) is 6.72. The van der Waals surface area contributed by atoms with E-state index < -0.39 is 0 Å². The Bertz CT molecular complexity index is 405. The van der Waals surface area contributed by atoms with Crippen molar-refractivity contribution >= 4 is 5.97 Å². The van der Waals surface area contributed by atoms with Crippen LogP contribution in [-0.4, -0.2) is 12.6 Å². The second-order valence-electron chi connectivity index (χ2n) is 6.72. The summed E-state index contributed by atoms with van der Waals surface area (Å²) in [5, 5.41) is 0. The lowest BCUT2D eigenvalue weighted by Gasteiger charge is -2.09. The number of rotatable bonds is 10. The minimum atomic E-state index is -0.0851. The summed E-state index contributed by atoms with van der Waals surface area (Å²) < 4.78 is 5.29. The molecule has 0 fully saturated rings. The smallest absolute Gasteiger partial charge is 0.306 e. The molecule has 1 unspecified atom stereocenters. The summed E-state index contributed by atoms with van der Waals surface area (Å²) >= 11 is 0. The van der Waals surface area contributed by atoms with E-state index in [1.165, 1.54) is 16.7 Å². The molecule has 0 aliphatic rings. The van der Waals surface area contributed by atoms with Gasteiger partial charge in [0.05, 0.1) is 0 Å². The first kappa shape index (κ1) is 20.7. The maximum atomic E-state index is 11.8. The molecular weight excluding hydrogens is 272 g/mol. The van der Waals surface area contributed by atoms with Gasteiger partial charge in [0.1, 0.15) is 6.61 Å². The van der Waals surface area contributed by atoms with Crippen LogP contribution in [-0.2, 0) is 9.53 Å². The van der Waals surface area contributed by atoms with Gasteiger partial charge in [-0.3, -0.25) is 4.79 Å². The predicted octanol–water partition coefficient (Wildman–Crippen LogP) is 5.99. The summed E-state index contributed by atoms with van der Waals surface area (Å²) in [4.78, 5) is 11.8. The molecule has 2 heteroatoms. The first-order valence-electron chi connectivity index (χ1n) is 8.39. The van der Waals surface area contributed by atoms with Crippen LogP contribution in [0.4, 0.5) is 0 Å². The fourth-order valence-electron chi connectivity index (χ4n) is 2.07. The van der Waals surface area contributed by atoms with Crippen LogP contribution >= 0.6 is 0 Å². The van der Waals surface area contributed by atoms with Crippen molar-refractivity contribution in [3.63, 3.8) is 0 Å². The SMILES string of the molecule is CC(C)=CCC/C(C)=C/COC(=O)CC(C)CCC=C(C)C. The van der Waals surface area contributed by atoms with Crippen molar-refractivity contribution in [1.29, 1.82) is 0 Å². The normalized spacial score (nSPS) is 12.5. The Morgan fingerprint density at radius 3 is 2.14 bits per heavy atom. The monoisotopic (exact) mass is 306 g/mol. The average Bonchev–Trinajstić information content (AvgIpc) is 2.37. The van der Waals surface area contributed by atoms with E-state index in [-0.39, 0.29) is 5.97 Å². The van der Waals surface area contributed by atoms with E-state index in [1.807, 2.05) is 6.08 Å². The van der Waals surface area contributed by atoms with Crippen molar-refractivity contribution in [2.24, 2.45) is 5.92 Å². The van der Waals surface area contributed by atoms with Gasteiger partial charge in [-0.2, -0.15) is 0 Å². The van der Waals surface area contributed by atoms with E-state index in [9.17, 15) is 4.79 Å². The van der Waals surface area contributed by atoms with Gasteiger partial charge in [0.25, 0.3) is 0 Å². The lowest BCUT2D eigenvalue weighted by Crippen LogP contribution is -2.09. The fourth-order valence-corrected chi connectivity index (χ4v) is 2.07. The number of ether oxygens (including phenoxy) is 1. The number of allylic oxidation sites excluding steroid dienone is 5. The average molecular weight is 306 g/mol. The third kappa shape index (κ3) is 13.7. The number of esters is 1. The first-order valence-corrected chi connectivity index (χ1v) is 8.39. The molecule has 0 aromatic rings. The highest BCUT2D eigenvalue weighted by molar-refractivity contribution is 5.69. The molecule has 0 N–H and O–H groups in total. The molecule has 0 aliphatic carbocycles. The minimum absolute atomic E-state index is 0.0851. The van der Waals surface area contributed by atoms with Gasteiger partial charge in [0.2, 0.25) is 0 Å². The van der Waals surface area contributed by atoms with Crippen LogP contribution in [0.25, 0.3) is 0 Å². The number of carbonyl (C=O) groups is 1. The molecule has 0 amide bonds. The summed E-state index contributed by atoms with van der Waals surface area (Å²) in [6, 6.07) is 0. The van der Waals surface area contributed by atoms with Gasteiger partial charge in [-0.05, 0) is 72.3 Å². The van der Waals surface area contributed by atoms with Gasteiger partial charge in [0.15, 0.2) is 0 Å². The van der Waals surface area contributed by atoms with Crippen LogP contribution < -0.4 is 0 Å². The Morgan fingerprint density at radius 2 is 1.55 bits per heavy atom. The molecule has 1 atom stereocenters. The standard InChI is InChI=1S/C20H34O2/c1-16(2)9-7-11-18(5)13-14-22-20(21)15-19(6)12-8-10-17(3)4/h9-10,13,19H,7-8,11-12,14-15H2,1-6H3/b18-13+. The third-order valence-corrected chi connectivity index (χ3v) is 3.49. The summed E-state index contributed by atoms with van der Waals surface area (Å²) in [5.41, 5.74) is 3.96. The van der Waals surface area contributed by atoms with Gasteiger partial charge in [0, 0.05) is 6.42 Å². The van der Waals surface area contributed by atoms with Crippen LogP contribution in [0, 0.1) is 5.92 Å². The van der Waals surface area contributed by atoms with Crippen LogP contribution in [0.5, 0.6) is 0 Å². The summed E-state index contributed by atoms with van der Waals surface area (Å²) in [5.74, 6) is 0.295. The molecule has 0 heterocycles. The lowest BCUT2D eigenvalue weighted by atomic mass is 10.0. The fraction of sp³-hybridized carbons (Fsp3) is 0.650. The molecule has 2 nitrogen and oxygen atoms in total. The molecular formula is C20H34O2. The molecule has 0 aromatic carbocycles. The van der Waals surface area contributed by atoms with E-state index in [0.29, 0.717) is 18.9 Å². The van der Waals surface area contributed by atoms with Crippen molar-refractivity contribution in [2.45, 2.75) is 73.6 Å². The Balaban J connectivity index is 3.88. The van der Waals surface area contributed by atoms with Crippen LogP contribution in [0.1, 0.15) is 73.6 Å². The van der Waals surface area contributed by atoms with Crippen LogP contribution in [0.2, 0.25) is 0 Å². The van der Waals surface area contributed by atoms with E-state index >= 15 is 0 Å². The van der Waals surface area contributed by atoms with E-state index in [1.54, 1.807) is 0 Å². The molecule has 0 saturated heterocycles. The molecule has 0 bridgehead atoms. The molecule has 0 aliphatic heterocycles. The number of hydrogen-bond acceptors (Lipinski definition) is 2. The van der Waals surface area contributed by atoms with Crippen molar-refractivity contribution in [2.75, 3.05) is 6.61 Å². The molecule has 0 spiro atoms. The largest absolute Gasteiger partial charge is 0.461 e. The molecule has 0 rings (SSSR count). The molecule has 0 radical (unpaired) electrons. The highest BCUT2D eigenvalue weighted by Gasteiger charge is 2.09. The predicted molar refractivity (Wildman–Crippen MR) is 95.8 cm³/mol. The number of hydrogen-bond donors (Lipinski definition) is 0. The van der Waals surface area contributed by atoms with Gasteiger partial charge >= 0.3 is 5.97 Å². The Labute approximate surface area is 137 Å². The summed E-state index contributed by atoms with van der Waals surface area (Å²) in [7, 11) is 0. The van der Waals surface area contributed by atoms with E-state index in [0.717, 1.165) is 25.7 Å². The van der Waals surface area contributed by atoms with Crippen LogP contribution in [0.3, 0.4) is 0 Å². The van der Waals surface area contributed by atoms with E-state index in [4.69, 9.17) is 4.74 Å². The zero-order chi connectivity index (χ0) is 17.0. The summed E-state index contributed by atoms with van der Waals surface area (Å²) in [6.45, 7) is 13.0. The topological polar surface area (TPSA) is 26.3 Å². The Hall–Kier alpha value is -1.31. The van der Waals surface area contributed by atoms with E-state index in [2.05, 4.69) is 53.7 Å². The van der Waals surface area contributed by atoms with Crippen molar-refractivity contribution in [1.82, 2.24) is 0 Å². The maximum Gasteiger partial charge on any atom is 0.306 e. The zero-order valence-corrected chi connectivity index (χ0v) is 15.4. The summed E-state index contributed by atoms with van der Waals surface area (Å²) in [6.07, 6.45) is 11.2. The lowest BCUT2D eigenvalue weighted by molar-refractivity contribution is -0.143. The van der Waals surface area contributed by atoms with Crippen LogP contribution in [0.15, 0.2) is 34.9 Å². The first-order chi connectivity index (χ1) is 10.3. The molecule has 126 valence electrons. The van der Waals surface area contributed by atoms with Gasteiger partial charge in [-0.15, -0.1) is 0 Å².